The van der Waals surface area contributed by atoms with Gasteiger partial charge in [-0.3, -0.25) is 9.78 Å². The third kappa shape index (κ3) is 2.21. The van der Waals surface area contributed by atoms with Gasteiger partial charge >= 0.3 is 0 Å². The van der Waals surface area contributed by atoms with Crippen molar-refractivity contribution in [3.63, 3.8) is 0 Å². The summed E-state index contributed by atoms with van der Waals surface area (Å²) < 4.78 is 0. The van der Waals surface area contributed by atoms with Gasteiger partial charge in [-0.2, -0.15) is 0 Å². The molecule has 2 aromatic heterocycles. The molecule has 5 nitrogen and oxygen atoms in total. The lowest BCUT2D eigenvalue weighted by atomic mass is 10.2. The number of phenolic OH excluding ortho intramolecular Hbond substituents is 1. The van der Waals surface area contributed by atoms with Crippen LogP contribution in [0.25, 0.3) is 11.0 Å². The Hall–Kier alpha value is -2.82. The topological polar surface area (TPSA) is 78.0 Å². The van der Waals surface area contributed by atoms with Gasteiger partial charge in [-0.05, 0) is 42.8 Å². The van der Waals surface area contributed by atoms with Crippen molar-refractivity contribution in [2.45, 2.75) is 6.92 Å². The van der Waals surface area contributed by atoms with Gasteiger partial charge < -0.3 is 15.4 Å². The number of aromatic nitrogens is 2. The lowest BCUT2D eigenvalue weighted by Gasteiger charge is -2.07. The Labute approximate surface area is 115 Å². The highest BCUT2D eigenvalue weighted by molar-refractivity contribution is 6.06. The van der Waals surface area contributed by atoms with E-state index in [1.165, 1.54) is 0 Å². The molecule has 0 aliphatic rings. The third-order valence-corrected chi connectivity index (χ3v) is 3.03. The second kappa shape index (κ2) is 4.70. The zero-order valence-corrected chi connectivity index (χ0v) is 10.8. The summed E-state index contributed by atoms with van der Waals surface area (Å²) in [6.07, 6.45) is 1.67. The summed E-state index contributed by atoms with van der Waals surface area (Å²) in [5, 5.41) is 12.4. The van der Waals surface area contributed by atoms with E-state index in [-0.39, 0.29) is 11.7 Å². The minimum Gasteiger partial charge on any atom is -0.506 e. The summed E-state index contributed by atoms with van der Waals surface area (Å²) in [7, 11) is 0. The number of nitrogens with zero attached hydrogens (tertiary/aromatic N) is 1. The van der Waals surface area contributed by atoms with E-state index in [2.05, 4.69) is 15.3 Å². The summed E-state index contributed by atoms with van der Waals surface area (Å²) in [5.41, 5.74) is 3.27. The highest BCUT2D eigenvalue weighted by atomic mass is 16.3. The molecule has 100 valence electrons. The third-order valence-electron chi connectivity index (χ3n) is 3.03. The number of rotatable bonds is 2. The first kappa shape index (κ1) is 12.2. The van der Waals surface area contributed by atoms with Gasteiger partial charge in [0.05, 0.1) is 16.7 Å². The number of phenols is 1. The molecule has 3 rings (SSSR count). The van der Waals surface area contributed by atoms with Crippen LogP contribution in [-0.4, -0.2) is 21.0 Å². The van der Waals surface area contributed by atoms with Crippen LogP contribution in [-0.2, 0) is 0 Å². The maximum absolute atomic E-state index is 12.2. The lowest BCUT2D eigenvalue weighted by Crippen LogP contribution is -2.12. The smallest absolute Gasteiger partial charge is 0.272 e. The number of nitrogens with one attached hydrogen (secondary N) is 2. The number of aryl methyl sites for hydroxylation is 1. The standard InChI is InChI=1S/C15H13N3O2/c1-9-4-5-14(19)12(7-9)18-15(20)13-8-11-10(17-13)3-2-6-16-11/h2-8,17,19H,1H3,(H,18,20). The van der Waals surface area contributed by atoms with Gasteiger partial charge in [0.1, 0.15) is 11.4 Å². The van der Waals surface area contributed by atoms with Crippen molar-refractivity contribution in [1.29, 1.82) is 0 Å². The van der Waals surface area contributed by atoms with Crippen LogP contribution in [0.3, 0.4) is 0 Å². The molecule has 0 spiro atoms. The van der Waals surface area contributed by atoms with Crippen LogP contribution in [0.1, 0.15) is 16.1 Å². The average Bonchev–Trinajstić information content (AvgIpc) is 2.87. The normalized spacial score (nSPS) is 10.7. The number of carbonyl (C=O) groups is 1. The molecular weight excluding hydrogens is 254 g/mol. The van der Waals surface area contributed by atoms with Crippen LogP contribution in [0.5, 0.6) is 5.75 Å². The second-order valence-corrected chi connectivity index (χ2v) is 4.59. The Balaban J connectivity index is 1.90. The molecular formula is C15H13N3O2. The average molecular weight is 267 g/mol. The number of amides is 1. The van der Waals surface area contributed by atoms with Crippen LogP contribution >= 0.6 is 0 Å². The van der Waals surface area contributed by atoms with Crippen LogP contribution < -0.4 is 5.32 Å². The molecule has 1 aromatic carbocycles. The molecule has 5 heteroatoms. The summed E-state index contributed by atoms with van der Waals surface area (Å²) in [4.78, 5) is 19.3. The molecule has 3 aromatic rings. The van der Waals surface area contributed by atoms with Gasteiger partial charge in [0.25, 0.3) is 5.91 Å². The van der Waals surface area contributed by atoms with Crippen LogP contribution in [0.15, 0.2) is 42.6 Å². The van der Waals surface area contributed by atoms with E-state index in [4.69, 9.17) is 0 Å². The summed E-state index contributed by atoms with van der Waals surface area (Å²) >= 11 is 0. The van der Waals surface area contributed by atoms with Crippen LogP contribution in [0.4, 0.5) is 5.69 Å². The number of fused-ring (bicyclic) bond motifs is 1. The fourth-order valence-corrected chi connectivity index (χ4v) is 2.02. The molecule has 0 fully saturated rings. The molecule has 0 saturated heterocycles. The highest BCUT2D eigenvalue weighted by Gasteiger charge is 2.12. The number of aromatic hydroxyl groups is 1. The Morgan fingerprint density at radius 1 is 1.30 bits per heavy atom. The van der Waals surface area contributed by atoms with E-state index in [1.54, 1.807) is 36.5 Å². The van der Waals surface area contributed by atoms with Crippen LogP contribution in [0.2, 0.25) is 0 Å². The summed E-state index contributed by atoms with van der Waals surface area (Å²) in [6, 6.07) is 10.4. The van der Waals surface area contributed by atoms with Crippen LogP contribution in [0, 0.1) is 6.92 Å². The number of pyridine rings is 1. The molecule has 3 N–H and O–H groups in total. The fraction of sp³-hybridized carbons (Fsp3) is 0.0667. The molecule has 2 heterocycles. The van der Waals surface area contributed by atoms with E-state index in [9.17, 15) is 9.90 Å². The molecule has 0 aliphatic carbocycles. The van der Waals surface area contributed by atoms with Gasteiger partial charge in [0, 0.05) is 6.20 Å². The monoisotopic (exact) mass is 267 g/mol. The number of anilines is 1. The molecule has 0 radical (unpaired) electrons. The number of H-pyrrole nitrogens is 1. The number of aromatic amines is 1. The molecule has 0 saturated carbocycles. The zero-order chi connectivity index (χ0) is 14.1. The molecule has 0 bridgehead atoms. The largest absolute Gasteiger partial charge is 0.506 e. The molecule has 1 amide bonds. The minimum atomic E-state index is -0.316. The van der Waals surface area contributed by atoms with Gasteiger partial charge in [0.15, 0.2) is 0 Å². The fourth-order valence-electron chi connectivity index (χ4n) is 2.02. The van der Waals surface area contributed by atoms with E-state index in [0.29, 0.717) is 11.4 Å². The van der Waals surface area contributed by atoms with Gasteiger partial charge in [0.2, 0.25) is 0 Å². The molecule has 0 aliphatic heterocycles. The van der Waals surface area contributed by atoms with E-state index in [0.717, 1.165) is 16.6 Å². The van der Waals surface area contributed by atoms with Gasteiger partial charge in [-0.1, -0.05) is 6.07 Å². The number of carbonyl (C=O) groups excluding carboxylic acids is 1. The number of benzene rings is 1. The SMILES string of the molecule is Cc1ccc(O)c(NC(=O)c2cc3ncccc3[nH]2)c1. The Kier molecular flexibility index (Phi) is 2.87. The number of hydrogen-bond donors (Lipinski definition) is 3. The first-order valence-electron chi connectivity index (χ1n) is 6.18. The van der Waals surface area contributed by atoms with Crippen molar-refractivity contribution in [3.8, 4) is 5.75 Å². The summed E-state index contributed by atoms with van der Waals surface area (Å²) in [6.45, 7) is 1.89. The van der Waals surface area contributed by atoms with Gasteiger partial charge in [-0.15, -0.1) is 0 Å². The van der Waals surface area contributed by atoms with E-state index in [1.807, 2.05) is 13.0 Å². The summed E-state index contributed by atoms with van der Waals surface area (Å²) in [5.74, 6) is -0.276. The Bertz CT molecular complexity index is 760. The molecule has 0 atom stereocenters. The predicted octanol–water partition coefficient (Wildman–Crippen LogP) is 2.83. The Morgan fingerprint density at radius 2 is 2.15 bits per heavy atom. The maximum atomic E-state index is 12.2. The van der Waals surface area contributed by atoms with Crippen molar-refractivity contribution in [1.82, 2.24) is 9.97 Å². The molecule has 0 unspecified atom stereocenters. The predicted molar refractivity (Wildman–Crippen MR) is 76.9 cm³/mol. The Morgan fingerprint density at radius 3 is 2.95 bits per heavy atom. The van der Waals surface area contributed by atoms with Crippen molar-refractivity contribution in [2.24, 2.45) is 0 Å². The van der Waals surface area contributed by atoms with Gasteiger partial charge in [-0.25, -0.2) is 0 Å². The van der Waals surface area contributed by atoms with E-state index < -0.39 is 0 Å². The first-order chi connectivity index (χ1) is 9.63. The molecule has 20 heavy (non-hydrogen) atoms. The zero-order valence-electron chi connectivity index (χ0n) is 10.8. The second-order valence-electron chi connectivity index (χ2n) is 4.59. The van der Waals surface area contributed by atoms with Crippen molar-refractivity contribution in [3.05, 3.63) is 53.9 Å². The highest BCUT2D eigenvalue weighted by Crippen LogP contribution is 2.24. The van der Waals surface area contributed by atoms with Crippen molar-refractivity contribution in [2.75, 3.05) is 5.32 Å². The first-order valence-corrected chi connectivity index (χ1v) is 6.18. The lowest BCUT2D eigenvalue weighted by molar-refractivity contribution is 0.102. The number of hydrogen-bond acceptors (Lipinski definition) is 3. The van der Waals surface area contributed by atoms with E-state index >= 15 is 0 Å². The maximum Gasteiger partial charge on any atom is 0.272 e. The van der Waals surface area contributed by atoms with Crippen molar-refractivity contribution >= 4 is 22.6 Å². The minimum absolute atomic E-state index is 0.0400. The van der Waals surface area contributed by atoms with Crippen molar-refractivity contribution < 1.29 is 9.90 Å². The quantitative estimate of drug-likeness (QED) is 0.625.